The predicted octanol–water partition coefficient (Wildman–Crippen LogP) is 4.00. The second-order valence-corrected chi connectivity index (χ2v) is 6.20. The molecule has 1 aliphatic rings. The minimum absolute atomic E-state index is 0.0836. The van der Waals surface area contributed by atoms with E-state index in [2.05, 4.69) is 26.2 Å². The molecule has 24 heavy (non-hydrogen) atoms. The maximum absolute atomic E-state index is 12.0. The normalized spacial score (nSPS) is 16.2. The van der Waals surface area contributed by atoms with Crippen molar-refractivity contribution in [2.24, 2.45) is 4.99 Å². The highest BCUT2D eigenvalue weighted by Gasteiger charge is 2.25. The number of hydrogen-bond donors (Lipinski definition) is 2. The summed E-state index contributed by atoms with van der Waals surface area (Å²) in [5.41, 5.74) is 2.47. The first-order chi connectivity index (χ1) is 11.6. The minimum Gasteiger partial charge on any atom is -0.505 e. The molecular weight excluding hydrogens is 368 g/mol. The van der Waals surface area contributed by atoms with Gasteiger partial charge in [-0.25, -0.2) is 0 Å². The molecule has 2 aromatic carbocycles. The average Bonchev–Trinajstić information content (AvgIpc) is 2.85. The van der Waals surface area contributed by atoms with Gasteiger partial charge in [-0.2, -0.15) is 0 Å². The molecule has 2 aromatic rings. The van der Waals surface area contributed by atoms with Crippen LogP contribution in [0.1, 0.15) is 11.1 Å². The highest BCUT2D eigenvalue weighted by atomic mass is 79.9. The summed E-state index contributed by atoms with van der Waals surface area (Å²) in [6.45, 7) is 0.455. The molecule has 1 aliphatic heterocycles. The summed E-state index contributed by atoms with van der Waals surface area (Å²) < 4.78 is 0.966. The van der Waals surface area contributed by atoms with Gasteiger partial charge in [-0.15, -0.1) is 0 Å². The highest BCUT2D eigenvalue weighted by molar-refractivity contribution is 9.10. The molecule has 0 spiro atoms. The number of aliphatic hydroxyl groups excluding tert-OH is 1. The quantitative estimate of drug-likeness (QED) is 0.784. The molecule has 1 heterocycles. The van der Waals surface area contributed by atoms with Crippen LogP contribution >= 0.6 is 15.9 Å². The van der Waals surface area contributed by atoms with Crippen molar-refractivity contribution in [3.8, 4) is 0 Å². The molecule has 1 amide bonds. The summed E-state index contributed by atoms with van der Waals surface area (Å²) in [7, 11) is 0. The lowest BCUT2D eigenvalue weighted by atomic mass is 10.1. The fourth-order valence-corrected chi connectivity index (χ4v) is 2.54. The Bertz CT molecular complexity index is 837. The first kappa shape index (κ1) is 16.2. The van der Waals surface area contributed by atoms with Crippen LogP contribution in [0, 0.1) is 0 Å². The van der Waals surface area contributed by atoms with Crippen LogP contribution in [0.5, 0.6) is 0 Å². The van der Waals surface area contributed by atoms with Crippen molar-refractivity contribution in [2.75, 3.05) is 0 Å². The number of nitrogens with one attached hydrogen (secondary N) is 1. The summed E-state index contributed by atoms with van der Waals surface area (Å²) >= 11 is 3.37. The average molecular weight is 383 g/mol. The third-order valence-corrected chi connectivity index (χ3v) is 4.05. The maximum atomic E-state index is 12.0. The van der Waals surface area contributed by atoms with Crippen molar-refractivity contribution in [1.82, 2.24) is 5.32 Å². The number of benzene rings is 2. The number of aliphatic imine (C=N–C) groups is 1. The molecule has 0 radical (unpaired) electrons. The summed E-state index contributed by atoms with van der Waals surface area (Å²) in [4.78, 5) is 16.3. The van der Waals surface area contributed by atoms with Gasteiger partial charge in [0.1, 0.15) is 5.57 Å². The predicted molar refractivity (Wildman–Crippen MR) is 98.6 cm³/mol. The number of amides is 1. The molecule has 0 fully saturated rings. The number of rotatable bonds is 4. The fraction of sp³-hybridized carbons (Fsp3) is 0.0526. The summed E-state index contributed by atoms with van der Waals surface area (Å²) in [5, 5.41) is 12.9. The molecule has 0 saturated carbocycles. The van der Waals surface area contributed by atoms with Crippen molar-refractivity contribution in [3.63, 3.8) is 0 Å². The zero-order chi connectivity index (χ0) is 16.9. The second-order valence-electron chi connectivity index (χ2n) is 5.28. The van der Waals surface area contributed by atoms with E-state index in [-0.39, 0.29) is 17.2 Å². The molecule has 120 valence electrons. The Hall–Kier alpha value is -2.66. The monoisotopic (exact) mass is 382 g/mol. The molecule has 2 N–H and O–H groups in total. The van der Waals surface area contributed by atoms with Gasteiger partial charge in [-0.05, 0) is 29.3 Å². The number of carbonyl (C=O) groups excluding carboxylic acids is 1. The van der Waals surface area contributed by atoms with Crippen molar-refractivity contribution in [3.05, 3.63) is 87.2 Å². The van der Waals surface area contributed by atoms with E-state index in [1.807, 2.05) is 54.6 Å². The van der Waals surface area contributed by atoms with Crippen molar-refractivity contribution in [2.45, 2.75) is 6.54 Å². The van der Waals surface area contributed by atoms with E-state index in [0.717, 1.165) is 15.6 Å². The van der Waals surface area contributed by atoms with Gasteiger partial charge in [0.15, 0.2) is 5.76 Å². The molecule has 0 saturated heterocycles. The van der Waals surface area contributed by atoms with Gasteiger partial charge in [-0.1, -0.05) is 58.4 Å². The molecule has 3 rings (SSSR count). The largest absolute Gasteiger partial charge is 0.505 e. The highest BCUT2D eigenvalue weighted by Crippen LogP contribution is 2.21. The third kappa shape index (κ3) is 3.81. The van der Waals surface area contributed by atoms with Gasteiger partial charge in [0.25, 0.3) is 5.91 Å². The molecule has 0 unspecified atom stereocenters. The zero-order valence-electron chi connectivity index (χ0n) is 12.7. The molecule has 5 heteroatoms. The zero-order valence-corrected chi connectivity index (χ0v) is 14.3. The van der Waals surface area contributed by atoms with Crippen molar-refractivity contribution < 1.29 is 9.90 Å². The van der Waals surface area contributed by atoms with Gasteiger partial charge < -0.3 is 10.4 Å². The van der Waals surface area contributed by atoms with E-state index >= 15 is 0 Å². The first-order valence-corrected chi connectivity index (χ1v) is 8.19. The second kappa shape index (κ2) is 7.27. The third-order valence-electron chi connectivity index (χ3n) is 3.52. The number of carbonyl (C=O) groups is 1. The fourth-order valence-electron chi connectivity index (χ4n) is 2.28. The van der Waals surface area contributed by atoms with Crippen LogP contribution in [0.4, 0.5) is 0 Å². The first-order valence-electron chi connectivity index (χ1n) is 7.39. The SMILES string of the molecule is O=C1NC(=Cc2ccc(Br)cc2)C(O)=C1C=NCc1ccccc1. The lowest BCUT2D eigenvalue weighted by Gasteiger charge is -1.99. The molecule has 0 atom stereocenters. The van der Waals surface area contributed by atoms with Crippen LogP contribution in [0.3, 0.4) is 0 Å². The Morgan fingerprint density at radius 2 is 1.79 bits per heavy atom. The molecule has 0 bridgehead atoms. The Kier molecular flexibility index (Phi) is 4.91. The van der Waals surface area contributed by atoms with E-state index in [4.69, 9.17) is 0 Å². The van der Waals surface area contributed by atoms with E-state index < -0.39 is 0 Å². The molecule has 0 aromatic heterocycles. The molecule has 0 aliphatic carbocycles. The van der Waals surface area contributed by atoms with Gasteiger partial charge in [0.05, 0.1) is 12.2 Å². The number of hydrogen-bond acceptors (Lipinski definition) is 3. The van der Waals surface area contributed by atoms with Crippen molar-refractivity contribution >= 4 is 34.1 Å². The molecular formula is C19H15BrN2O2. The van der Waals surface area contributed by atoms with Gasteiger partial charge in [0.2, 0.25) is 0 Å². The maximum Gasteiger partial charge on any atom is 0.261 e. The number of aliphatic hydroxyl groups is 1. The smallest absolute Gasteiger partial charge is 0.261 e. The van der Waals surface area contributed by atoms with E-state index in [0.29, 0.717) is 12.2 Å². The Morgan fingerprint density at radius 3 is 2.50 bits per heavy atom. The number of halogens is 1. The van der Waals surface area contributed by atoms with Gasteiger partial charge >= 0.3 is 0 Å². The van der Waals surface area contributed by atoms with E-state index in [1.54, 1.807) is 6.08 Å². The Morgan fingerprint density at radius 1 is 1.08 bits per heavy atom. The summed E-state index contributed by atoms with van der Waals surface area (Å²) in [6, 6.07) is 17.3. The van der Waals surface area contributed by atoms with Crippen LogP contribution in [0.25, 0.3) is 6.08 Å². The summed E-state index contributed by atoms with van der Waals surface area (Å²) in [6.07, 6.45) is 3.14. The van der Waals surface area contributed by atoms with Crippen LogP contribution < -0.4 is 5.32 Å². The Balaban J connectivity index is 1.78. The Labute approximate surface area is 148 Å². The lowest BCUT2D eigenvalue weighted by Crippen LogP contribution is -2.16. The number of nitrogens with zero attached hydrogens (tertiary/aromatic N) is 1. The standard InChI is InChI=1S/C19H15BrN2O2/c20-15-8-6-13(7-9-15)10-17-18(23)16(19(24)22-17)12-21-11-14-4-2-1-3-5-14/h1-10,12,23H,11H2,(H,22,24). The molecule has 4 nitrogen and oxygen atoms in total. The topological polar surface area (TPSA) is 61.7 Å². The van der Waals surface area contributed by atoms with E-state index in [1.165, 1.54) is 6.21 Å². The van der Waals surface area contributed by atoms with Gasteiger partial charge in [0, 0.05) is 10.7 Å². The summed E-state index contributed by atoms with van der Waals surface area (Å²) in [5.74, 6) is -0.438. The van der Waals surface area contributed by atoms with Crippen molar-refractivity contribution in [1.29, 1.82) is 0 Å². The van der Waals surface area contributed by atoms with Crippen LogP contribution in [0.15, 0.2) is 81.1 Å². The minimum atomic E-state index is -0.354. The van der Waals surface area contributed by atoms with Gasteiger partial charge in [-0.3, -0.25) is 9.79 Å². The van der Waals surface area contributed by atoms with Crippen LogP contribution in [-0.4, -0.2) is 17.2 Å². The van der Waals surface area contributed by atoms with E-state index in [9.17, 15) is 9.90 Å². The van der Waals surface area contributed by atoms with Crippen LogP contribution in [0.2, 0.25) is 0 Å². The van der Waals surface area contributed by atoms with Crippen LogP contribution in [-0.2, 0) is 11.3 Å². The lowest BCUT2D eigenvalue weighted by molar-refractivity contribution is -0.115.